The van der Waals surface area contributed by atoms with Crippen molar-refractivity contribution in [1.82, 2.24) is 19.9 Å². The van der Waals surface area contributed by atoms with Crippen molar-refractivity contribution in [2.24, 2.45) is 0 Å². The summed E-state index contributed by atoms with van der Waals surface area (Å²) < 4.78 is 67.9. The monoisotopic (exact) mass is 486 g/mol. The van der Waals surface area contributed by atoms with E-state index in [0.29, 0.717) is 0 Å². The molecule has 0 unspecified atom stereocenters. The van der Waals surface area contributed by atoms with Crippen molar-refractivity contribution in [2.75, 3.05) is 11.5 Å². The van der Waals surface area contributed by atoms with Gasteiger partial charge in [-0.2, -0.15) is 13.2 Å². The van der Waals surface area contributed by atoms with Gasteiger partial charge in [-0.25, -0.2) is 23.7 Å². The van der Waals surface area contributed by atoms with Crippen molar-refractivity contribution in [1.29, 1.82) is 0 Å². The zero-order chi connectivity index (χ0) is 25.3. The molecule has 0 saturated heterocycles. The lowest BCUT2D eigenvalue weighted by Crippen LogP contribution is -2.14. The molecule has 0 aliphatic rings. The van der Waals surface area contributed by atoms with Crippen LogP contribution in [0.25, 0.3) is 22.5 Å². The van der Waals surface area contributed by atoms with E-state index in [1.165, 1.54) is 36.7 Å². The third-order valence-electron chi connectivity index (χ3n) is 4.94. The molecule has 0 bridgehead atoms. The highest BCUT2D eigenvalue weighted by molar-refractivity contribution is 6.01. The minimum absolute atomic E-state index is 0.0495. The number of ketones is 1. The van der Waals surface area contributed by atoms with Crippen molar-refractivity contribution in [3.05, 3.63) is 83.6 Å². The molecule has 0 saturated carbocycles. The molecule has 0 amide bonds. The minimum Gasteiger partial charge on any atom is -0.397 e. The van der Waals surface area contributed by atoms with E-state index in [1.54, 1.807) is 0 Å². The van der Waals surface area contributed by atoms with Gasteiger partial charge in [0.15, 0.2) is 5.78 Å². The van der Waals surface area contributed by atoms with Gasteiger partial charge in [-0.05, 0) is 35.9 Å². The quantitative estimate of drug-likeness (QED) is 0.315. The Morgan fingerprint density at radius 2 is 1.63 bits per heavy atom. The molecule has 4 rings (SSSR count). The van der Waals surface area contributed by atoms with E-state index >= 15 is 0 Å². The van der Waals surface area contributed by atoms with E-state index in [1.807, 2.05) is 0 Å². The normalized spacial score (nSPS) is 11.5. The molecule has 0 aliphatic carbocycles. The fraction of sp³-hybridized carbons (Fsp3) is 0.0870. The molecule has 0 aliphatic heterocycles. The predicted molar refractivity (Wildman–Crippen MR) is 117 cm³/mol. The third-order valence-corrected chi connectivity index (χ3v) is 4.94. The lowest BCUT2D eigenvalue weighted by molar-refractivity contribution is -0.144. The van der Waals surface area contributed by atoms with Crippen LogP contribution in [0.1, 0.15) is 21.9 Å². The van der Waals surface area contributed by atoms with Crippen LogP contribution in [0.2, 0.25) is 0 Å². The summed E-state index contributed by atoms with van der Waals surface area (Å²) in [5.74, 6) is -4.27. The second kappa shape index (κ2) is 9.05. The van der Waals surface area contributed by atoms with Crippen LogP contribution in [0.4, 0.5) is 33.5 Å². The average molecular weight is 486 g/mol. The first-order chi connectivity index (χ1) is 16.5. The first-order valence-electron chi connectivity index (χ1n) is 9.93. The number of hydrogen-bond donors (Lipinski definition) is 2. The SMILES string of the molecule is Nc1cc(-c2ccncc2CC(=O)c2nc(-c3c(F)cccc3F)ccc2N)nc(C(F)(F)F)n1. The highest BCUT2D eigenvalue weighted by Gasteiger charge is 2.35. The Labute approximate surface area is 194 Å². The molecule has 178 valence electrons. The maximum atomic E-state index is 14.2. The second-order valence-electron chi connectivity index (χ2n) is 7.36. The van der Waals surface area contributed by atoms with Crippen molar-refractivity contribution in [2.45, 2.75) is 12.6 Å². The number of nitrogen functional groups attached to an aromatic ring is 2. The van der Waals surface area contributed by atoms with Gasteiger partial charge in [0.05, 0.1) is 22.6 Å². The van der Waals surface area contributed by atoms with E-state index in [4.69, 9.17) is 11.5 Å². The number of nitrogens with zero attached hydrogens (tertiary/aromatic N) is 4. The molecule has 0 atom stereocenters. The van der Waals surface area contributed by atoms with Crippen LogP contribution in [-0.2, 0) is 12.6 Å². The first kappa shape index (κ1) is 23.7. The predicted octanol–water partition coefficient (Wildman–Crippen LogP) is 4.49. The van der Waals surface area contributed by atoms with E-state index in [0.717, 1.165) is 18.2 Å². The van der Waals surface area contributed by atoms with E-state index in [2.05, 4.69) is 19.9 Å². The van der Waals surface area contributed by atoms with Gasteiger partial charge >= 0.3 is 6.18 Å². The molecular formula is C23H15F5N6O. The summed E-state index contributed by atoms with van der Waals surface area (Å²) in [6, 6.07) is 8.33. The number of pyridine rings is 2. The van der Waals surface area contributed by atoms with Crippen LogP contribution >= 0.6 is 0 Å². The molecule has 1 aromatic carbocycles. The Bertz CT molecular complexity index is 1420. The Balaban J connectivity index is 1.73. The lowest BCUT2D eigenvalue weighted by atomic mass is 9.99. The number of nitrogens with two attached hydrogens (primary N) is 2. The van der Waals surface area contributed by atoms with E-state index < -0.39 is 47.2 Å². The molecule has 12 heteroatoms. The lowest BCUT2D eigenvalue weighted by Gasteiger charge is -2.12. The zero-order valence-electron chi connectivity index (χ0n) is 17.6. The molecule has 0 radical (unpaired) electrons. The van der Waals surface area contributed by atoms with Gasteiger partial charge in [0.1, 0.15) is 23.1 Å². The molecular weight excluding hydrogens is 471 g/mol. The zero-order valence-corrected chi connectivity index (χ0v) is 17.6. The average Bonchev–Trinajstić information content (AvgIpc) is 2.79. The number of halogens is 5. The van der Waals surface area contributed by atoms with Crippen LogP contribution in [0.5, 0.6) is 0 Å². The second-order valence-corrected chi connectivity index (χ2v) is 7.36. The van der Waals surface area contributed by atoms with Gasteiger partial charge in [0.25, 0.3) is 0 Å². The van der Waals surface area contributed by atoms with Gasteiger partial charge in [0, 0.05) is 30.4 Å². The molecule has 0 fully saturated rings. The molecule has 4 N–H and O–H groups in total. The number of carbonyl (C=O) groups is 1. The number of hydrogen-bond acceptors (Lipinski definition) is 7. The summed E-state index contributed by atoms with van der Waals surface area (Å²) in [5.41, 5.74) is 10.7. The number of anilines is 2. The van der Waals surface area contributed by atoms with Crippen LogP contribution in [-0.4, -0.2) is 25.7 Å². The number of rotatable bonds is 5. The van der Waals surface area contributed by atoms with Crippen molar-refractivity contribution in [3.8, 4) is 22.5 Å². The van der Waals surface area contributed by atoms with Gasteiger partial charge in [-0.1, -0.05) is 6.07 Å². The summed E-state index contributed by atoms with van der Waals surface area (Å²) in [4.78, 5) is 27.8. The highest BCUT2D eigenvalue weighted by atomic mass is 19.4. The molecule has 3 aromatic heterocycles. The van der Waals surface area contributed by atoms with Crippen LogP contribution < -0.4 is 11.5 Å². The van der Waals surface area contributed by atoms with Crippen molar-refractivity contribution >= 4 is 17.3 Å². The summed E-state index contributed by atoms with van der Waals surface area (Å²) >= 11 is 0. The highest BCUT2D eigenvalue weighted by Crippen LogP contribution is 2.31. The smallest absolute Gasteiger partial charge is 0.397 e. The number of aromatic nitrogens is 4. The standard InChI is InChI=1S/C23H15F5N6O/c24-13-2-1-3-14(25)20(13)16-5-4-15(29)21(32-16)18(35)8-11-10-31-7-6-12(11)17-9-19(30)34-22(33-17)23(26,27)28/h1-7,9-10H,8,29H2,(H2,30,33,34). The van der Waals surface area contributed by atoms with E-state index in [9.17, 15) is 26.7 Å². The molecule has 0 spiro atoms. The molecule has 4 aromatic rings. The van der Waals surface area contributed by atoms with Crippen molar-refractivity contribution < 1.29 is 26.7 Å². The molecule has 3 heterocycles. The molecule has 35 heavy (non-hydrogen) atoms. The fourth-order valence-corrected chi connectivity index (χ4v) is 3.38. The summed E-state index contributed by atoms with van der Waals surface area (Å²) in [6.07, 6.45) is -2.65. The minimum atomic E-state index is -4.84. The van der Waals surface area contributed by atoms with Gasteiger partial charge < -0.3 is 11.5 Å². The summed E-state index contributed by atoms with van der Waals surface area (Å²) in [7, 11) is 0. The van der Waals surface area contributed by atoms with Crippen molar-refractivity contribution in [3.63, 3.8) is 0 Å². The number of benzene rings is 1. The maximum absolute atomic E-state index is 14.2. The third kappa shape index (κ3) is 4.90. The van der Waals surface area contributed by atoms with Crippen LogP contribution in [0.15, 0.2) is 54.9 Å². The first-order valence-corrected chi connectivity index (χ1v) is 9.93. The Hall–Kier alpha value is -4.48. The Morgan fingerprint density at radius 3 is 2.31 bits per heavy atom. The van der Waals surface area contributed by atoms with Gasteiger partial charge in [-0.15, -0.1) is 0 Å². The Kier molecular flexibility index (Phi) is 6.12. The summed E-state index contributed by atoms with van der Waals surface area (Å²) in [5, 5.41) is 0. The van der Waals surface area contributed by atoms with Gasteiger partial charge in [-0.3, -0.25) is 9.78 Å². The molecule has 7 nitrogen and oxygen atoms in total. The number of alkyl halides is 3. The van der Waals surface area contributed by atoms with Gasteiger partial charge in [0.2, 0.25) is 5.82 Å². The topological polar surface area (TPSA) is 121 Å². The number of carbonyl (C=O) groups excluding carboxylic acids is 1. The Morgan fingerprint density at radius 1 is 0.914 bits per heavy atom. The maximum Gasteiger partial charge on any atom is 0.451 e. The summed E-state index contributed by atoms with van der Waals surface area (Å²) in [6.45, 7) is 0. The largest absolute Gasteiger partial charge is 0.451 e. The number of Topliss-reactive ketones (excluding diaryl/α,β-unsaturated/α-hetero) is 1. The van der Waals surface area contributed by atoms with Crippen LogP contribution in [0, 0.1) is 11.6 Å². The van der Waals surface area contributed by atoms with E-state index in [-0.39, 0.29) is 33.9 Å². The van der Waals surface area contributed by atoms with Crippen LogP contribution in [0.3, 0.4) is 0 Å². The fourth-order valence-electron chi connectivity index (χ4n) is 3.38.